The van der Waals surface area contributed by atoms with E-state index in [1.54, 1.807) is 6.92 Å². The van der Waals surface area contributed by atoms with Crippen LogP contribution in [0.2, 0.25) is 0 Å². The number of carbonyl (C=O) groups excluding carboxylic acids is 1. The highest BCUT2D eigenvalue weighted by Gasteiger charge is 2.24. The minimum atomic E-state index is -4.18. The summed E-state index contributed by atoms with van der Waals surface area (Å²) in [5, 5.41) is 8.77. The average Bonchev–Trinajstić information content (AvgIpc) is 2.38. The molecule has 0 saturated carbocycles. The normalized spacial score (nSPS) is 12.7. The summed E-state index contributed by atoms with van der Waals surface area (Å²) < 4.78 is 43.9. The second-order valence-corrected chi connectivity index (χ2v) is 5.76. The Morgan fingerprint density at radius 3 is 2.57 bits per heavy atom. The number of carboxylic acids is 1. The Bertz CT molecular complexity index is 658. The van der Waals surface area contributed by atoms with Crippen LogP contribution in [0.4, 0.5) is 4.39 Å². The van der Waals surface area contributed by atoms with Crippen molar-refractivity contribution in [2.24, 2.45) is 0 Å². The number of rotatable bonds is 6. The van der Waals surface area contributed by atoms with E-state index in [1.807, 2.05) is 4.72 Å². The third-order valence-electron chi connectivity index (χ3n) is 2.45. The van der Waals surface area contributed by atoms with Crippen LogP contribution in [0.1, 0.15) is 24.2 Å². The highest BCUT2D eigenvalue weighted by Crippen LogP contribution is 2.15. The monoisotopic (exact) mass is 319 g/mol. The zero-order valence-corrected chi connectivity index (χ0v) is 12.1. The van der Waals surface area contributed by atoms with Crippen molar-refractivity contribution >= 4 is 22.0 Å². The van der Waals surface area contributed by atoms with Crippen LogP contribution in [-0.4, -0.2) is 38.1 Å². The minimum Gasteiger partial charge on any atom is -0.478 e. The Balaban J connectivity index is 3.06. The molecule has 0 aromatic heterocycles. The van der Waals surface area contributed by atoms with Crippen molar-refractivity contribution in [3.05, 3.63) is 29.6 Å². The van der Waals surface area contributed by atoms with Crippen LogP contribution in [0.25, 0.3) is 0 Å². The highest BCUT2D eigenvalue weighted by atomic mass is 32.2. The summed E-state index contributed by atoms with van der Waals surface area (Å²) in [4.78, 5) is 21.7. The van der Waals surface area contributed by atoms with E-state index in [2.05, 4.69) is 4.74 Å². The second kappa shape index (κ2) is 6.64. The van der Waals surface area contributed by atoms with Gasteiger partial charge in [-0.2, -0.15) is 4.72 Å². The van der Waals surface area contributed by atoms with Crippen LogP contribution in [-0.2, 0) is 19.6 Å². The highest BCUT2D eigenvalue weighted by molar-refractivity contribution is 7.89. The predicted molar refractivity (Wildman–Crippen MR) is 69.8 cm³/mol. The van der Waals surface area contributed by atoms with Crippen LogP contribution in [0.5, 0.6) is 0 Å². The standard InChI is InChI=1S/C12H14FNO6S/c1-3-20-12(17)7(2)14-21(18,19)8-4-5-10(13)9(6-8)11(15)16/h4-7,14H,3H2,1-2H3,(H,15,16). The van der Waals surface area contributed by atoms with Crippen molar-refractivity contribution in [2.75, 3.05) is 6.61 Å². The molecule has 0 heterocycles. The summed E-state index contributed by atoms with van der Waals surface area (Å²) in [5.41, 5.74) is -0.776. The van der Waals surface area contributed by atoms with Crippen molar-refractivity contribution in [2.45, 2.75) is 24.8 Å². The van der Waals surface area contributed by atoms with E-state index in [0.717, 1.165) is 12.1 Å². The number of aromatic carboxylic acids is 1. The molecule has 0 amide bonds. The summed E-state index contributed by atoms with van der Waals surface area (Å²) in [7, 11) is -4.18. The molecule has 1 rings (SSSR count). The van der Waals surface area contributed by atoms with E-state index in [9.17, 15) is 22.4 Å². The molecule has 9 heteroatoms. The lowest BCUT2D eigenvalue weighted by atomic mass is 10.2. The average molecular weight is 319 g/mol. The molecule has 0 aliphatic carbocycles. The number of hydrogen-bond acceptors (Lipinski definition) is 5. The van der Waals surface area contributed by atoms with E-state index < -0.39 is 44.3 Å². The fourth-order valence-corrected chi connectivity index (χ4v) is 2.67. The van der Waals surface area contributed by atoms with Gasteiger partial charge in [0.15, 0.2) is 0 Å². The van der Waals surface area contributed by atoms with Gasteiger partial charge in [-0.25, -0.2) is 17.6 Å². The van der Waals surface area contributed by atoms with Crippen molar-refractivity contribution in [1.29, 1.82) is 0 Å². The van der Waals surface area contributed by atoms with Gasteiger partial charge in [0.1, 0.15) is 11.9 Å². The molecule has 116 valence electrons. The smallest absolute Gasteiger partial charge is 0.338 e. The molecule has 7 nitrogen and oxygen atoms in total. The van der Waals surface area contributed by atoms with Crippen LogP contribution >= 0.6 is 0 Å². The molecule has 0 spiro atoms. The molecule has 0 aliphatic heterocycles. The predicted octanol–water partition coefficient (Wildman–Crippen LogP) is 0.754. The Morgan fingerprint density at radius 1 is 1.43 bits per heavy atom. The molecule has 0 bridgehead atoms. The van der Waals surface area contributed by atoms with Crippen LogP contribution in [0.15, 0.2) is 23.1 Å². The van der Waals surface area contributed by atoms with Gasteiger partial charge in [-0.15, -0.1) is 0 Å². The van der Waals surface area contributed by atoms with Gasteiger partial charge in [0.2, 0.25) is 10.0 Å². The van der Waals surface area contributed by atoms with Gasteiger partial charge in [-0.3, -0.25) is 4.79 Å². The molecule has 0 saturated heterocycles. The van der Waals surface area contributed by atoms with Gasteiger partial charge in [0.25, 0.3) is 0 Å². The molecular weight excluding hydrogens is 305 g/mol. The van der Waals surface area contributed by atoms with Crippen LogP contribution in [0.3, 0.4) is 0 Å². The molecule has 1 aromatic carbocycles. The SMILES string of the molecule is CCOC(=O)C(C)NS(=O)(=O)c1ccc(F)c(C(=O)O)c1. The second-order valence-electron chi connectivity index (χ2n) is 4.04. The number of hydrogen-bond donors (Lipinski definition) is 2. The summed E-state index contributed by atoms with van der Waals surface area (Å²) in [6.45, 7) is 2.93. The zero-order chi connectivity index (χ0) is 16.2. The number of carboxylic acid groups (broad SMARTS) is 1. The van der Waals surface area contributed by atoms with Gasteiger partial charge >= 0.3 is 11.9 Å². The molecule has 1 unspecified atom stereocenters. The first-order valence-electron chi connectivity index (χ1n) is 5.91. The minimum absolute atomic E-state index is 0.0879. The van der Waals surface area contributed by atoms with Crippen LogP contribution in [0, 0.1) is 5.82 Å². The Hall–Kier alpha value is -2.00. The lowest BCUT2D eigenvalue weighted by Crippen LogP contribution is -2.39. The summed E-state index contributed by atoms with van der Waals surface area (Å²) in [5.74, 6) is -3.43. The number of nitrogens with one attached hydrogen (secondary N) is 1. The van der Waals surface area contributed by atoms with Gasteiger partial charge in [0, 0.05) is 0 Å². The van der Waals surface area contributed by atoms with E-state index >= 15 is 0 Å². The number of carbonyl (C=O) groups is 2. The summed E-state index contributed by atoms with van der Waals surface area (Å²) in [6.07, 6.45) is 0. The van der Waals surface area contributed by atoms with Crippen molar-refractivity contribution in [3.8, 4) is 0 Å². The van der Waals surface area contributed by atoms with E-state index in [1.165, 1.54) is 6.92 Å². The van der Waals surface area contributed by atoms with Gasteiger partial charge < -0.3 is 9.84 Å². The lowest BCUT2D eigenvalue weighted by molar-refractivity contribution is -0.144. The fraction of sp³-hybridized carbons (Fsp3) is 0.333. The quantitative estimate of drug-likeness (QED) is 0.749. The Morgan fingerprint density at radius 2 is 2.05 bits per heavy atom. The number of benzene rings is 1. The molecular formula is C12H14FNO6S. The largest absolute Gasteiger partial charge is 0.478 e. The molecule has 21 heavy (non-hydrogen) atoms. The van der Waals surface area contributed by atoms with Crippen molar-refractivity contribution in [3.63, 3.8) is 0 Å². The third kappa shape index (κ3) is 4.23. The lowest BCUT2D eigenvalue weighted by Gasteiger charge is -2.13. The first kappa shape index (κ1) is 17.1. The third-order valence-corrected chi connectivity index (χ3v) is 3.99. The first-order valence-corrected chi connectivity index (χ1v) is 7.39. The van der Waals surface area contributed by atoms with Crippen molar-refractivity contribution < 1.29 is 32.2 Å². The number of halogens is 1. The number of sulfonamides is 1. The Kier molecular flexibility index (Phi) is 5.39. The Labute approximate surface area is 120 Å². The molecule has 1 atom stereocenters. The summed E-state index contributed by atoms with van der Waals surface area (Å²) in [6, 6.07) is 1.15. The molecule has 0 fully saturated rings. The van der Waals surface area contributed by atoms with E-state index in [4.69, 9.17) is 5.11 Å². The summed E-state index contributed by atoms with van der Waals surface area (Å²) >= 11 is 0. The van der Waals surface area contributed by atoms with Gasteiger partial charge in [-0.05, 0) is 32.0 Å². The van der Waals surface area contributed by atoms with Gasteiger partial charge in [-0.1, -0.05) is 0 Å². The molecule has 0 radical (unpaired) electrons. The van der Waals surface area contributed by atoms with E-state index in [-0.39, 0.29) is 6.61 Å². The molecule has 0 aliphatic rings. The maximum absolute atomic E-state index is 13.2. The van der Waals surface area contributed by atoms with Crippen molar-refractivity contribution in [1.82, 2.24) is 4.72 Å². The maximum atomic E-state index is 13.2. The van der Waals surface area contributed by atoms with E-state index in [0.29, 0.717) is 6.07 Å². The zero-order valence-electron chi connectivity index (χ0n) is 11.3. The molecule has 2 N–H and O–H groups in total. The number of ether oxygens (including phenoxy) is 1. The first-order chi connectivity index (χ1) is 9.69. The topological polar surface area (TPSA) is 110 Å². The fourth-order valence-electron chi connectivity index (χ4n) is 1.45. The maximum Gasteiger partial charge on any atom is 0.338 e. The van der Waals surface area contributed by atoms with Crippen LogP contribution < -0.4 is 4.72 Å². The number of esters is 1. The molecule has 1 aromatic rings. The van der Waals surface area contributed by atoms with Gasteiger partial charge in [0.05, 0.1) is 17.1 Å².